The van der Waals surface area contributed by atoms with Crippen molar-refractivity contribution in [2.45, 2.75) is 12.4 Å². The zero-order chi connectivity index (χ0) is 22.8. The maximum Gasteiger partial charge on any atom is 0.416 e. The van der Waals surface area contributed by atoms with E-state index in [-0.39, 0.29) is 17.2 Å². The highest BCUT2D eigenvalue weighted by Crippen LogP contribution is 2.38. The lowest BCUT2D eigenvalue weighted by Crippen LogP contribution is -2.31. The van der Waals surface area contributed by atoms with Gasteiger partial charge in [-0.05, 0) is 18.2 Å². The van der Waals surface area contributed by atoms with E-state index in [0.717, 1.165) is 17.2 Å². The number of nitrogens with one attached hydrogen (secondary N) is 1. The quantitative estimate of drug-likeness (QED) is 0.211. The van der Waals surface area contributed by atoms with Crippen molar-refractivity contribution in [1.29, 1.82) is 0 Å². The first kappa shape index (κ1) is 21.9. The van der Waals surface area contributed by atoms with Gasteiger partial charge < -0.3 is 0 Å². The van der Waals surface area contributed by atoms with E-state index in [1.54, 1.807) is 0 Å². The predicted molar refractivity (Wildman–Crippen MR) is 94.0 cm³/mol. The predicted octanol–water partition coefficient (Wildman–Crippen LogP) is 2.76. The van der Waals surface area contributed by atoms with E-state index in [4.69, 9.17) is 5.84 Å². The average Bonchev–Trinajstić information content (AvgIpc) is 3.19. The van der Waals surface area contributed by atoms with Gasteiger partial charge in [0.15, 0.2) is 5.82 Å². The number of hydrogen-bond donors (Lipinski definition) is 2. The fraction of sp³-hybridized carbons (Fsp3) is 0.118. The molecule has 0 aliphatic heterocycles. The van der Waals surface area contributed by atoms with Crippen molar-refractivity contribution in [2.75, 3.05) is 0 Å². The highest BCUT2D eigenvalue weighted by atomic mass is 19.4. The summed E-state index contributed by atoms with van der Waals surface area (Å²) in [6.45, 7) is 0. The van der Waals surface area contributed by atoms with E-state index in [0.29, 0.717) is 12.1 Å². The number of alkyl halides is 6. The minimum Gasteiger partial charge on any atom is -0.290 e. The van der Waals surface area contributed by atoms with Crippen molar-refractivity contribution >= 4 is 17.7 Å². The molecule has 0 saturated carbocycles. The second kappa shape index (κ2) is 8.14. The third kappa shape index (κ3) is 5.03. The molecule has 0 spiro atoms. The maximum atomic E-state index is 13.1. The summed E-state index contributed by atoms with van der Waals surface area (Å²) in [7, 11) is 0. The summed E-state index contributed by atoms with van der Waals surface area (Å²) in [5, 5.41) is 3.84. The van der Waals surface area contributed by atoms with Gasteiger partial charge in [0.2, 0.25) is 0 Å². The van der Waals surface area contributed by atoms with Crippen molar-refractivity contribution < 1.29 is 31.1 Å². The van der Waals surface area contributed by atoms with Crippen LogP contribution in [0.1, 0.15) is 16.7 Å². The first-order valence-electron chi connectivity index (χ1n) is 8.18. The normalized spacial score (nSPS) is 12.7. The smallest absolute Gasteiger partial charge is 0.290 e. The third-order valence-corrected chi connectivity index (χ3v) is 3.86. The minimum absolute atomic E-state index is 0.000506. The van der Waals surface area contributed by atoms with Crippen LogP contribution < -0.4 is 11.3 Å². The number of nitrogens with two attached hydrogens (primary N) is 1. The van der Waals surface area contributed by atoms with E-state index in [1.807, 2.05) is 5.43 Å². The van der Waals surface area contributed by atoms with Gasteiger partial charge in [-0.2, -0.15) is 26.3 Å². The Morgan fingerprint density at radius 1 is 1.00 bits per heavy atom. The Morgan fingerprint density at radius 2 is 1.58 bits per heavy atom. The molecule has 162 valence electrons. The first-order valence-corrected chi connectivity index (χ1v) is 8.18. The molecule has 0 bridgehead atoms. The van der Waals surface area contributed by atoms with Gasteiger partial charge in [0.05, 0.1) is 16.7 Å². The molecule has 14 heteroatoms. The summed E-state index contributed by atoms with van der Waals surface area (Å²) >= 11 is 0. The lowest BCUT2D eigenvalue weighted by atomic mass is 10.0. The van der Waals surface area contributed by atoms with Crippen LogP contribution in [0.25, 0.3) is 23.2 Å². The van der Waals surface area contributed by atoms with Crippen molar-refractivity contribution in [3.05, 3.63) is 59.9 Å². The van der Waals surface area contributed by atoms with Crippen LogP contribution in [-0.2, 0) is 17.1 Å². The molecule has 2 heterocycles. The molecule has 8 nitrogen and oxygen atoms in total. The number of aromatic nitrogens is 5. The summed E-state index contributed by atoms with van der Waals surface area (Å²) in [6.07, 6.45) is -4.15. The van der Waals surface area contributed by atoms with Crippen LogP contribution in [0.2, 0.25) is 0 Å². The average molecular weight is 443 g/mol. The van der Waals surface area contributed by atoms with E-state index < -0.39 is 40.8 Å². The first-order chi connectivity index (χ1) is 14.5. The molecule has 0 aliphatic carbocycles. The Hall–Kier alpha value is -3.81. The van der Waals surface area contributed by atoms with Gasteiger partial charge in [0.1, 0.15) is 12.7 Å². The molecular formula is C17H11F6N7O. The number of amides is 1. The molecular weight excluding hydrogens is 432 g/mol. The molecule has 1 amide bonds. The molecule has 3 N–H and O–H groups in total. The van der Waals surface area contributed by atoms with Crippen LogP contribution >= 0.6 is 0 Å². The number of rotatable bonds is 4. The van der Waals surface area contributed by atoms with Gasteiger partial charge >= 0.3 is 12.4 Å². The largest absolute Gasteiger partial charge is 0.416 e. The van der Waals surface area contributed by atoms with Crippen molar-refractivity contribution in [1.82, 2.24) is 30.2 Å². The minimum atomic E-state index is -5.02. The van der Waals surface area contributed by atoms with Gasteiger partial charge in [-0.1, -0.05) is 0 Å². The van der Waals surface area contributed by atoms with Crippen LogP contribution in [0, 0.1) is 0 Å². The fourth-order valence-electron chi connectivity index (χ4n) is 2.47. The van der Waals surface area contributed by atoms with E-state index in [1.165, 1.54) is 18.7 Å². The number of carbonyl (C=O) groups is 1. The molecule has 0 unspecified atom stereocenters. The molecule has 0 radical (unpaired) electrons. The summed E-state index contributed by atoms with van der Waals surface area (Å²) in [4.78, 5) is 23.3. The highest BCUT2D eigenvalue weighted by Gasteiger charge is 2.37. The molecule has 3 aromatic rings. The molecule has 3 rings (SSSR count). The van der Waals surface area contributed by atoms with Crippen molar-refractivity contribution in [3.63, 3.8) is 0 Å². The lowest BCUT2D eigenvalue weighted by Gasteiger charge is -2.13. The maximum absolute atomic E-state index is 13.1. The Labute approximate surface area is 169 Å². The Balaban J connectivity index is 2.07. The zero-order valence-electron chi connectivity index (χ0n) is 15.1. The second-order valence-electron chi connectivity index (χ2n) is 5.99. The standard InChI is InChI=1S/C17H11F6N7O/c18-16(19,20)11-1-9(2-12(3-11)17(21,22)23)14-27-8-30(29-14)6-13(15(31)28-24)10-4-25-7-26-5-10/h1-8H,24H2,(H,28,31)/b13-6+. The molecule has 0 atom stereocenters. The molecule has 1 aromatic carbocycles. The highest BCUT2D eigenvalue weighted by molar-refractivity contribution is 6.22. The molecule has 0 aliphatic rings. The summed E-state index contributed by atoms with van der Waals surface area (Å²) in [5.41, 5.74) is -1.49. The van der Waals surface area contributed by atoms with Gasteiger partial charge in [0, 0.05) is 29.7 Å². The van der Waals surface area contributed by atoms with Gasteiger partial charge in [-0.25, -0.2) is 25.5 Å². The van der Waals surface area contributed by atoms with Crippen molar-refractivity contribution in [3.8, 4) is 11.4 Å². The van der Waals surface area contributed by atoms with E-state index in [9.17, 15) is 31.1 Å². The topological polar surface area (TPSA) is 112 Å². The van der Waals surface area contributed by atoms with Crippen LogP contribution in [0.15, 0.2) is 43.2 Å². The number of hydrogen-bond acceptors (Lipinski definition) is 6. The number of nitrogens with zero attached hydrogens (tertiary/aromatic N) is 5. The second-order valence-corrected chi connectivity index (χ2v) is 5.99. The summed E-state index contributed by atoms with van der Waals surface area (Å²) in [5.74, 6) is 3.94. The number of hydrazine groups is 1. The Kier molecular flexibility index (Phi) is 5.75. The number of halogens is 6. The Morgan fingerprint density at radius 3 is 2.10 bits per heavy atom. The van der Waals surface area contributed by atoms with Crippen LogP contribution in [-0.4, -0.2) is 30.6 Å². The zero-order valence-corrected chi connectivity index (χ0v) is 15.1. The Bertz CT molecular complexity index is 1090. The van der Waals surface area contributed by atoms with Crippen LogP contribution in [0.3, 0.4) is 0 Å². The number of benzene rings is 1. The molecule has 0 fully saturated rings. The van der Waals surface area contributed by atoms with E-state index in [2.05, 4.69) is 20.1 Å². The number of carbonyl (C=O) groups excluding carboxylic acids is 1. The summed E-state index contributed by atoms with van der Waals surface area (Å²) < 4.78 is 79.3. The fourth-order valence-corrected chi connectivity index (χ4v) is 2.47. The molecule has 0 saturated heterocycles. The third-order valence-electron chi connectivity index (χ3n) is 3.86. The van der Waals surface area contributed by atoms with Gasteiger partial charge in [0.25, 0.3) is 5.91 Å². The van der Waals surface area contributed by atoms with Crippen molar-refractivity contribution in [2.24, 2.45) is 5.84 Å². The molecule has 31 heavy (non-hydrogen) atoms. The van der Waals surface area contributed by atoms with E-state index >= 15 is 0 Å². The molecule has 2 aromatic heterocycles. The van der Waals surface area contributed by atoms with Gasteiger partial charge in [-0.15, -0.1) is 5.10 Å². The van der Waals surface area contributed by atoms with Gasteiger partial charge in [-0.3, -0.25) is 10.2 Å². The monoisotopic (exact) mass is 443 g/mol. The lowest BCUT2D eigenvalue weighted by molar-refractivity contribution is -0.143. The summed E-state index contributed by atoms with van der Waals surface area (Å²) in [6, 6.07) is 0.994. The van der Waals surface area contributed by atoms with Crippen LogP contribution in [0.4, 0.5) is 26.3 Å². The SMILES string of the molecule is NNC(=O)/C(=C/n1cnc(-c2cc(C(F)(F)F)cc(C(F)(F)F)c2)n1)c1cncnc1. The van der Waals surface area contributed by atoms with Crippen LogP contribution in [0.5, 0.6) is 0 Å².